The third kappa shape index (κ3) is 4.77. The van der Waals surface area contributed by atoms with Crippen molar-refractivity contribution in [2.45, 2.75) is 12.2 Å². The molecule has 108 valence electrons. The van der Waals surface area contributed by atoms with E-state index < -0.39 is 17.9 Å². The lowest BCUT2D eigenvalue weighted by Crippen LogP contribution is -2.29. The van der Waals surface area contributed by atoms with E-state index in [9.17, 15) is 18.0 Å². The van der Waals surface area contributed by atoms with E-state index in [4.69, 9.17) is 4.74 Å². The molecular weight excluding hydrogens is 285 g/mol. The van der Waals surface area contributed by atoms with E-state index in [0.29, 0.717) is 13.2 Å². The van der Waals surface area contributed by atoms with Crippen molar-refractivity contribution in [3.05, 3.63) is 16.1 Å². The van der Waals surface area contributed by atoms with Crippen LogP contribution in [0.5, 0.6) is 0 Å². The van der Waals surface area contributed by atoms with Crippen molar-refractivity contribution >= 4 is 17.8 Å². The Balaban J connectivity index is 2.84. The number of nitrogens with one attached hydrogen (secondary N) is 1. The Morgan fingerprint density at radius 1 is 1.58 bits per heavy atom. The summed E-state index contributed by atoms with van der Waals surface area (Å²) in [7, 11) is 1.48. The quantitative estimate of drug-likeness (QED) is 0.583. The van der Waals surface area contributed by atoms with Gasteiger partial charge < -0.3 is 14.8 Å². The molecule has 1 unspecified atom stereocenters. The number of carbonyl (C=O) groups is 1. The van der Waals surface area contributed by atoms with Crippen LogP contribution in [0.15, 0.2) is 5.51 Å². The van der Waals surface area contributed by atoms with Crippen molar-refractivity contribution < 1.29 is 27.4 Å². The van der Waals surface area contributed by atoms with Crippen LogP contribution in [0, 0.1) is 0 Å². The first-order valence-corrected chi connectivity index (χ1v) is 6.16. The number of alkyl halides is 3. The summed E-state index contributed by atoms with van der Waals surface area (Å²) in [4.78, 5) is 13.5. The molecule has 0 saturated carbocycles. The molecule has 0 fully saturated rings. The summed E-state index contributed by atoms with van der Waals surface area (Å²) < 4.78 is 47.6. The third-order valence-electron chi connectivity index (χ3n) is 2.21. The minimum Gasteiger partial charge on any atom is -0.466 e. The Kier molecular flexibility index (Phi) is 6.19. The second kappa shape index (κ2) is 7.41. The van der Waals surface area contributed by atoms with Gasteiger partial charge in [-0.05, 0) is 0 Å². The zero-order chi connectivity index (χ0) is 14.3. The molecule has 0 aliphatic heterocycles. The lowest BCUT2D eigenvalue weighted by molar-refractivity contribution is -0.141. The first kappa shape index (κ1) is 15.9. The molecule has 0 aliphatic carbocycles. The Hall–Kier alpha value is -1.19. The van der Waals surface area contributed by atoms with Crippen LogP contribution in [0.2, 0.25) is 0 Å². The molecule has 0 aromatic carbocycles. The number of thiazole rings is 1. The molecule has 9 heteroatoms. The summed E-state index contributed by atoms with van der Waals surface area (Å²) in [5.74, 6) is 0. The van der Waals surface area contributed by atoms with Gasteiger partial charge in [-0.25, -0.2) is 4.98 Å². The highest BCUT2D eigenvalue weighted by Crippen LogP contribution is 2.35. The van der Waals surface area contributed by atoms with Gasteiger partial charge in [0.05, 0.1) is 23.0 Å². The second-order valence-corrected chi connectivity index (χ2v) is 4.38. The van der Waals surface area contributed by atoms with E-state index in [0.717, 1.165) is 16.8 Å². The van der Waals surface area contributed by atoms with Gasteiger partial charge in [0.2, 0.25) is 0 Å². The van der Waals surface area contributed by atoms with Gasteiger partial charge >= 0.3 is 6.18 Å². The van der Waals surface area contributed by atoms with Gasteiger partial charge in [-0.15, -0.1) is 11.3 Å². The molecule has 0 saturated heterocycles. The van der Waals surface area contributed by atoms with Gasteiger partial charge in [0.1, 0.15) is 6.61 Å². The minimum absolute atomic E-state index is 0.00884. The Morgan fingerprint density at radius 2 is 2.32 bits per heavy atom. The molecule has 0 spiro atoms. The zero-order valence-corrected chi connectivity index (χ0v) is 10.9. The highest BCUT2D eigenvalue weighted by Gasteiger charge is 2.38. The lowest BCUT2D eigenvalue weighted by atomic mass is 10.2. The molecular formula is C10H13F3N2O3S. The lowest BCUT2D eigenvalue weighted by Gasteiger charge is -2.18. The summed E-state index contributed by atoms with van der Waals surface area (Å²) in [5.41, 5.74) is 0.159. The van der Waals surface area contributed by atoms with Crippen LogP contribution >= 0.6 is 11.3 Å². The van der Waals surface area contributed by atoms with Crippen LogP contribution in [0.3, 0.4) is 0 Å². The Morgan fingerprint density at radius 3 is 2.89 bits per heavy atom. The number of hydrogen-bond donors (Lipinski definition) is 1. The maximum atomic E-state index is 12.7. The number of halogens is 3. The predicted octanol–water partition coefficient (Wildman–Crippen LogP) is 1.61. The van der Waals surface area contributed by atoms with Crippen LogP contribution in [-0.2, 0) is 20.4 Å². The largest absolute Gasteiger partial charge is 0.466 e. The molecule has 0 aliphatic rings. The van der Waals surface area contributed by atoms with Gasteiger partial charge in [-0.3, -0.25) is 4.79 Å². The number of carbonyl (C=O) groups excluding carboxylic acids is 1. The van der Waals surface area contributed by atoms with E-state index in [2.05, 4.69) is 15.0 Å². The minimum atomic E-state index is -4.53. The average Bonchev–Trinajstić information content (AvgIpc) is 2.82. The molecule has 19 heavy (non-hydrogen) atoms. The number of rotatable bonds is 8. The van der Waals surface area contributed by atoms with Crippen molar-refractivity contribution in [2.75, 3.05) is 26.9 Å². The zero-order valence-electron chi connectivity index (χ0n) is 10.1. The number of hydrogen-bond acceptors (Lipinski definition) is 6. The number of ether oxygens (including phenoxy) is 2. The monoisotopic (exact) mass is 298 g/mol. The standard InChI is InChI=1S/C10H13F3N2O3S/c1-17-3-2-14-7(4-18-6-16)8-9(10(11,12)13)15-5-19-8/h5-7,14H,2-4H2,1H3. The van der Waals surface area contributed by atoms with E-state index >= 15 is 0 Å². The number of aromatic nitrogens is 1. The molecule has 0 bridgehead atoms. The molecule has 1 heterocycles. The maximum Gasteiger partial charge on any atom is 0.434 e. The van der Waals surface area contributed by atoms with Crippen LogP contribution in [0.4, 0.5) is 13.2 Å². The van der Waals surface area contributed by atoms with Gasteiger partial charge in [0.25, 0.3) is 6.47 Å². The molecule has 1 atom stereocenters. The van der Waals surface area contributed by atoms with Crippen LogP contribution in [0.25, 0.3) is 0 Å². The predicted molar refractivity (Wildman–Crippen MR) is 61.8 cm³/mol. The van der Waals surface area contributed by atoms with Crippen molar-refractivity contribution in [2.24, 2.45) is 0 Å². The van der Waals surface area contributed by atoms with E-state index in [1.165, 1.54) is 7.11 Å². The summed E-state index contributed by atoms with van der Waals surface area (Å²) in [6, 6.07) is -0.760. The topological polar surface area (TPSA) is 60.5 Å². The van der Waals surface area contributed by atoms with Gasteiger partial charge in [0.15, 0.2) is 5.69 Å². The van der Waals surface area contributed by atoms with Gasteiger partial charge in [-0.2, -0.15) is 13.2 Å². The molecule has 5 nitrogen and oxygen atoms in total. The van der Waals surface area contributed by atoms with Crippen LogP contribution in [-0.4, -0.2) is 38.3 Å². The SMILES string of the molecule is COCCNC(COC=O)c1scnc1C(F)(F)F. The number of nitrogens with zero attached hydrogens (tertiary/aromatic N) is 1. The third-order valence-corrected chi connectivity index (χ3v) is 3.15. The average molecular weight is 298 g/mol. The summed E-state index contributed by atoms with van der Waals surface area (Å²) in [6.45, 7) is 0.661. The van der Waals surface area contributed by atoms with Crippen molar-refractivity contribution in [1.82, 2.24) is 10.3 Å². The molecule has 0 amide bonds. The smallest absolute Gasteiger partial charge is 0.434 e. The fourth-order valence-electron chi connectivity index (χ4n) is 1.41. The first-order chi connectivity index (χ1) is 9.00. The van der Waals surface area contributed by atoms with Gasteiger partial charge in [0, 0.05) is 13.7 Å². The maximum absolute atomic E-state index is 12.7. The van der Waals surface area contributed by atoms with Crippen LogP contribution < -0.4 is 5.32 Å². The van der Waals surface area contributed by atoms with E-state index in [-0.39, 0.29) is 18.0 Å². The Bertz CT molecular complexity index is 398. The summed E-state index contributed by atoms with van der Waals surface area (Å²) in [6.07, 6.45) is -4.53. The van der Waals surface area contributed by atoms with Gasteiger partial charge in [-0.1, -0.05) is 0 Å². The second-order valence-electron chi connectivity index (χ2n) is 3.49. The van der Waals surface area contributed by atoms with Crippen molar-refractivity contribution in [1.29, 1.82) is 0 Å². The normalized spacial score (nSPS) is 13.3. The van der Waals surface area contributed by atoms with E-state index in [1.807, 2.05) is 0 Å². The fraction of sp³-hybridized carbons (Fsp3) is 0.600. The highest BCUT2D eigenvalue weighted by molar-refractivity contribution is 7.09. The first-order valence-electron chi connectivity index (χ1n) is 5.28. The fourth-order valence-corrected chi connectivity index (χ4v) is 2.28. The van der Waals surface area contributed by atoms with E-state index in [1.54, 1.807) is 0 Å². The molecule has 1 aromatic heterocycles. The number of methoxy groups -OCH3 is 1. The summed E-state index contributed by atoms with van der Waals surface area (Å²) in [5, 5.41) is 2.83. The molecule has 0 radical (unpaired) electrons. The molecule has 1 aromatic rings. The molecule has 1 N–H and O–H groups in total. The van der Waals surface area contributed by atoms with Crippen LogP contribution in [0.1, 0.15) is 16.6 Å². The highest BCUT2D eigenvalue weighted by atomic mass is 32.1. The molecule has 1 rings (SSSR count). The Labute approximate surface area is 111 Å². The van der Waals surface area contributed by atoms with Crippen molar-refractivity contribution in [3.8, 4) is 0 Å². The summed E-state index contributed by atoms with van der Waals surface area (Å²) >= 11 is 0.863. The van der Waals surface area contributed by atoms with Crippen molar-refractivity contribution in [3.63, 3.8) is 0 Å².